The number of fused-ring (bicyclic) bond motifs is 3. The molecule has 45 heavy (non-hydrogen) atoms. The zero-order valence-electron chi connectivity index (χ0n) is 24.1. The molecule has 3 heterocycles. The highest BCUT2D eigenvalue weighted by molar-refractivity contribution is 8.03. The van der Waals surface area contributed by atoms with Crippen LogP contribution in [-0.4, -0.2) is 10.2 Å². The molecule has 1 aromatic heterocycles. The molecule has 6 aromatic rings. The van der Waals surface area contributed by atoms with Gasteiger partial charge in [0.05, 0.1) is 22.8 Å². The van der Waals surface area contributed by atoms with Gasteiger partial charge in [-0.2, -0.15) is 0 Å². The maximum atomic E-state index is 6.20. The molecule has 5 nitrogen and oxygen atoms in total. The lowest BCUT2D eigenvalue weighted by Crippen LogP contribution is -2.21. The first-order valence-electron chi connectivity index (χ1n) is 15.0. The third kappa shape index (κ3) is 4.58. The minimum absolute atomic E-state index is 0.500. The molecule has 0 atom stereocenters. The summed E-state index contributed by atoms with van der Waals surface area (Å²) in [6.45, 7) is 0. The van der Waals surface area contributed by atoms with Gasteiger partial charge in [0.25, 0.3) is 0 Å². The number of hydrogen-bond acceptors (Lipinski definition) is 7. The predicted molar refractivity (Wildman–Crippen MR) is 184 cm³/mol. The minimum Gasteiger partial charge on any atom is -0.416 e. The molecule has 0 fully saturated rings. The summed E-state index contributed by atoms with van der Waals surface area (Å²) in [5, 5.41) is 8.82. The molecule has 5 aromatic carbocycles. The molecule has 216 valence electrons. The number of allylic oxidation sites excluding steroid dienone is 3. The molecule has 9 rings (SSSR count). The van der Waals surface area contributed by atoms with Crippen LogP contribution in [0.1, 0.15) is 12.8 Å². The van der Waals surface area contributed by atoms with Crippen LogP contribution in [0.2, 0.25) is 0 Å². The average Bonchev–Trinajstić information content (AvgIpc) is 3.60. The Morgan fingerprint density at radius 3 is 1.60 bits per heavy atom. The Hall–Kier alpha value is -4.98. The monoisotopic (exact) mass is 618 g/mol. The topological polar surface area (TPSA) is 45.4 Å². The number of thioether (sulfide) groups is 1. The van der Waals surface area contributed by atoms with Crippen molar-refractivity contribution in [1.82, 2.24) is 10.2 Å². The molecule has 3 aliphatic rings. The zero-order valence-corrected chi connectivity index (χ0v) is 25.8. The standard InChI is InChI=1S/C38H26N4OS2/c1-5-13-33-29(9-1)41(30-10-2-6-14-34(30)44-33)27-21-17-25(18-22-27)37-39-40-38(43-37)26-19-23-28(24-20-26)42-31-11-3-7-15-35(31)45-36-16-8-4-12-32(36)42/h1-7,9-15,17-24H,8,16H2. The second kappa shape index (κ2) is 10.9. The van der Waals surface area contributed by atoms with Crippen LogP contribution in [0.15, 0.2) is 163 Å². The van der Waals surface area contributed by atoms with Crippen molar-refractivity contribution in [2.45, 2.75) is 27.5 Å². The van der Waals surface area contributed by atoms with Crippen LogP contribution in [0.4, 0.5) is 28.4 Å². The Morgan fingerprint density at radius 1 is 0.533 bits per heavy atom. The van der Waals surface area contributed by atoms with Gasteiger partial charge < -0.3 is 14.2 Å². The fraction of sp³-hybridized carbons (Fsp3) is 0.0526. The zero-order chi connectivity index (χ0) is 29.7. The highest BCUT2D eigenvalue weighted by Crippen LogP contribution is 2.52. The van der Waals surface area contributed by atoms with E-state index in [-0.39, 0.29) is 0 Å². The van der Waals surface area contributed by atoms with Crippen molar-refractivity contribution in [2.24, 2.45) is 0 Å². The molecule has 7 heteroatoms. The third-order valence-corrected chi connectivity index (χ3v) is 10.6. The van der Waals surface area contributed by atoms with Crippen LogP contribution in [0, 0.1) is 0 Å². The summed E-state index contributed by atoms with van der Waals surface area (Å²) in [6.07, 6.45) is 6.68. The first kappa shape index (κ1) is 26.4. The Labute approximate surface area is 269 Å². The first-order chi connectivity index (χ1) is 22.3. The predicted octanol–water partition coefficient (Wildman–Crippen LogP) is 11.1. The molecule has 0 bridgehead atoms. The number of rotatable bonds is 4. The summed E-state index contributed by atoms with van der Waals surface area (Å²) in [7, 11) is 0. The van der Waals surface area contributed by atoms with Crippen LogP contribution < -0.4 is 9.80 Å². The molecular weight excluding hydrogens is 593 g/mol. The second-order valence-corrected chi connectivity index (χ2v) is 13.3. The lowest BCUT2D eigenvalue weighted by Gasteiger charge is -2.35. The van der Waals surface area contributed by atoms with E-state index in [1.807, 2.05) is 23.5 Å². The summed E-state index contributed by atoms with van der Waals surface area (Å²) >= 11 is 3.70. The molecular formula is C38H26N4OS2. The first-order valence-corrected chi connectivity index (χ1v) is 16.6. The van der Waals surface area contributed by atoms with E-state index < -0.39 is 0 Å². The number of benzene rings is 5. The van der Waals surface area contributed by atoms with E-state index in [0.717, 1.165) is 35.3 Å². The molecule has 0 spiro atoms. The number of anilines is 5. The van der Waals surface area contributed by atoms with Crippen molar-refractivity contribution < 1.29 is 4.42 Å². The van der Waals surface area contributed by atoms with Crippen molar-refractivity contribution in [2.75, 3.05) is 9.80 Å². The van der Waals surface area contributed by atoms with Crippen molar-refractivity contribution in [3.05, 3.63) is 144 Å². The Morgan fingerprint density at radius 2 is 1.02 bits per heavy atom. The van der Waals surface area contributed by atoms with Crippen LogP contribution in [0.5, 0.6) is 0 Å². The van der Waals surface area contributed by atoms with E-state index in [1.54, 1.807) is 0 Å². The van der Waals surface area contributed by atoms with Gasteiger partial charge in [-0.1, -0.05) is 66.0 Å². The summed E-state index contributed by atoms with van der Waals surface area (Å²) in [5.41, 5.74) is 8.79. The quantitative estimate of drug-likeness (QED) is 0.194. The molecule has 0 unspecified atom stereocenters. The van der Waals surface area contributed by atoms with Gasteiger partial charge in [-0.25, -0.2) is 0 Å². The molecule has 0 saturated carbocycles. The van der Waals surface area contributed by atoms with E-state index in [0.29, 0.717) is 11.8 Å². The van der Waals surface area contributed by atoms with E-state index in [1.165, 1.54) is 42.4 Å². The fourth-order valence-electron chi connectivity index (χ4n) is 6.15. The molecule has 1 aliphatic carbocycles. The summed E-state index contributed by atoms with van der Waals surface area (Å²) in [4.78, 5) is 9.86. The van der Waals surface area contributed by atoms with Gasteiger partial charge in [0.2, 0.25) is 11.8 Å². The lowest BCUT2D eigenvalue weighted by atomic mass is 10.1. The van der Waals surface area contributed by atoms with Gasteiger partial charge in [0.15, 0.2) is 0 Å². The Kier molecular flexibility index (Phi) is 6.39. The van der Waals surface area contributed by atoms with Gasteiger partial charge >= 0.3 is 0 Å². The smallest absolute Gasteiger partial charge is 0.248 e. The third-order valence-electron chi connectivity index (χ3n) is 8.28. The van der Waals surface area contributed by atoms with E-state index in [4.69, 9.17) is 4.42 Å². The van der Waals surface area contributed by atoms with Crippen LogP contribution in [-0.2, 0) is 0 Å². The van der Waals surface area contributed by atoms with E-state index >= 15 is 0 Å². The van der Waals surface area contributed by atoms with E-state index in [2.05, 4.69) is 153 Å². The normalized spacial score (nSPS) is 14.9. The number of hydrogen-bond donors (Lipinski definition) is 0. The number of nitrogens with zero attached hydrogens (tertiary/aromatic N) is 4. The molecule has 0 N–H and O–H groups in total. The van der Waals surface area contributed by atoms with Gasteiger partial charge in [-0.15, -0.1) is 10.2 Å². The Bertz CT molecular complexity index is 2090. The summed E-state index contributed by atoms with van der Waals surface area (Å²) in [5.74, 6) is 1.00. The maximum Gasteiger partial charge on any atom is 0.248 e. The summed E-state index contributed by atoms with van der Waals surface area (Å²) < 4.78 is 6.20. The lowest BCUT2D eigenvalue weighted by molar-refractivity contribution is 0.584. The molecule has 2 aliphatic heterocycles. The average molecular weight is 619 g/mol. The van der Waals surface area contributed by atoms with Crippen LogP contribution in [0.3, 0.4) is 0 Å². The van der Waals surface area contributed by atoms with Gasteiger partial charge in [-0.05, 0) is 104 Å². The fourth-order valence-corrected chi connectivity index (χ4v) is 8.37. The number of para-hydroxylation sites is 3. The van der Waals surface area contributed by atoms with Gasteiger partial charge in [-0.3, -0.25) is 0 Å². The molecule has 0 amide bonds. The molecule has 0 saturated heterocycles. The minimum atomic E-state index is 0.500. The van der Waals surface area contributed by atoms with Crippen LogP contribution in [0.25, 0.3) is 22.9 Å². The Balaban J connectivity index is 0.998. The SMILES string of the molecule is C1=CC2=C(CC1)Sc1ccccc1N2c1ccc(-c2nnc(-c3ccc(N4c5ccccc5Sc5ccccc54)cc3)o2)cc1. The van der Waals surface area contributed by atoms with E-state index in [9.17, 15) is 0 Å². The van der Waals surface area contributed by atoms with Crippen LogP contribution >= 0.6 is 23.5 Å². The van der Waals surface area contributed by atoms with Crippen molar-refractivity contribution in [1.29, 1.82) is 0 Å². The van der Waals surface area contributed by atoms with Gasteiger partial charge in [0.1, 0.15) is 0 Å². The number of aromatic nitrogens is 2. The second-order valence-electron chi connectivity index (χ2n) is 11.0. The van der Waals surface area contributed by atoms with Crippen molar-refractivity contribution in [3.8, 4) is 22.9 Å². The molecule has 0 radical (unpaired) electrons. The largest absolute Gasteiger partial charge is 0.416 e. The highest BCUT2D eigenvalue weighted by Gasteiger charge is 2.27. The summed E-state index contributed by atoms with van der Waals surface area (Å²) in [6, 6.07) is 42.4. The van der Waals surface area contributed by atoms with Gasteiger partial charge in [0, 0.05) is 42.1 Å². The highest BCUT2D eigenvalue weighted by atomic mass is 32.2. The maximum absolute atomic E-state index is 6.20. The van der Waals surface area contributed by atoms with Crippen molar-refractivity contribution in [3.63, 3.8) is 0 Å². The van der Waals surface area contributed by atoms with Crippen molar-refractivity contribution >= 4 is 52.0 Å².